The molecule has 0 heterocycles. The fraction of sp³-hybridized carbons (Fsp3) is 0.833. The van der Waals surface area contributed by atoms with E-state index in [0.717, 1.165) is 0 Å². The summed E-state index contributed by atoms with van der Waals surface area (Å²) < 4.78 is 29.3. The number of carbonyl (C=O) groups excluding carboxylic acids is 1. The van der Waals surface area contributed by atoms with Crippen LogP contribution < -0.4 is 34.7 Å². The Morgan fingerprint density at radius 3 is 1.92 bits per heavy atom. The predicted octanol–water partition coefficient (Wildman–Crippen LogP) is -3.96. The van der Waals surface area contributed by atoms with Crippen LogP contribution in [0, 0.1) is 5.92 Å². The van der Waals surface area contributed by atoms with Crippen LogP contribution in [0.3, 0.4) is 0 Å². The number of carboxylic acid groups (broad SMARTS) is 1. The van der Waals surface area contributed by atoms with Gasteiger partial charge in [0.15, 0.2) is 0 Å². The molecule has 0 saturated heterocycles. The van der Waals surface area contributed by atoms with E-state index >= 15 is 0 Å². The zero-order valence-electron chi connectivity index (χ0n) is 7.85. The molecule has 5 nitrogen and oxygen atoms in total. The molecule has 1 atom stereocenters. The molecule has 0 spiro atoms. The topological polar surface area (TPSA) is 94.5 Å². The summed E-state index contributed by atoms with van der Waals surface area (Å²) in [7, 11) is -4.52. The number of aliphatic carboxylic acids is 1. The third-order valence-electron chi connectivity index (χ3n) is 1.31. The molecule has 72 valence electrons. The van der Waals surface area contributed by atoms with Crippen molar-refractivity contribution < 1.29 is 52.4 Å². The molecule has 0 aliphatic heterocycles. The van der Waals surface area contributed by atoms with Gasteiger partial charge < -0.3 is 9.90 Å². The first-order chi connectivity index (χ1) is 5.25. The second-order valence-electron chi connectivity index (χ2n) is 2.95. The Morgan fingerprint density at radius 2 is 1.85 bits per heavy atom. The summed E-state index contributed by atoms with van der Waals surface area (Å²) in [4.78, 5) is 10.2. The second kappa shape index (κ2) is 5.98. The molecule has 0 radical (unpaired) electrons. The summed E-state index contributed by atoms with van der Waals surface area (Å²) in [5.41, 5.74) is 0. The molecule has 1 N–H and O–H groups in total. The molecule has 1 unspecified atom stereocenters. The van der Waals surface area contributed by atoms with Gasteiger partial charge in [-0.2, -0.15) is 8.42 Å². The fourth-order valence-corrected chi connectivity index (χ4v) is 1.64. The summed E-state index contributed by atoms with van der Waals surface area (Å²) in [5, 5.41) is 8.42. The second-order valence-corrected chi connectivity index (χ2v) is 4.55. The number of hydrogen-bond donors (Lipinski definition) is 1. The number of carbonyl (C=O) groups is 1. The number of rotatable bonds is 4. The normalized spacial score (nSPS) is 13.5. The molecule has 0 aromatic carbocycles. The van der Waals surface area contributed by atoms with Crippen molar-refractivity contribution in [3.8, 4) is 0 Å². The Balaban J connectivity index is 0. The number of hydrogen-bond acceptors (Lipinski definition) is 4. The van der Waals surface area contributed by atoms with Crippen molar-refractivity contribution in [1.82, 2.24) is 0 Å². The quantitative estimate of drug-likeness (QED) is 0.384. The van der Waals surface area contributed by atoms with Crippen LogP contribution in [0.15, 0.2) is 0 Å². The van der Waals surface area contributed by atoms with Crippen LogP contribution in [-0.2, 0) is 14.9 Å². The van der Waals surface area contributed by atoms with Crippen molar-refractivity contribution in [3.05, 3.63) is 0 Å². The van der Waals surface area contributed by atoms with Gasteiger partial charge in [-0.1, -0.05) is 13.8 Å². The third-order valence-corrected chi connectivity index (χ3v) is 2.41. The van der Waals surface area contributed by atoms with Crippen molar-refractivity contribution in [2.45, 2.75) is 25.5 Å². The van der Waals surface area contributed by atoms with Gasteiger partial charge in [0.25, 0.3) is 10.1 Å². The molecule has 0 fully saturated rings. The standard InChI is InChI=1S/C6H12O5S.Na/c1-4(2)3-5(6(7)8)12(9,10)11;/h4-5H,3H2,1-2H3,(H,7,8)(H,9,10,11);/q;+1/p-1. The maximum atomic E-state index is 10.4. The van der Waals surface area contributed by atoms with Crippen LogP contribution in [0.25, 0.3) is 0 Å². The van der Waals surface area contributed by atoms with E-state index in [1.165, 1.54) is 0 Å². The molecule has 0 aromatic heterocycles. The van der Waals surface area contributed by atoms with Crippen molar-refractivity contribution in [1.29, 1.82) is 0 Å². The zero-order chi connectivity index (χ0) is 9.94. The Kier molecular flexibility index (Phi) is 7.28. The first-order valence-corrected chi connectivity index (χ1v) is 4.92. The summed E-state index contributed by atoms with van der Waals surface area (Å²) in [6.45, 7) is 3.31. The molecule has 13 heavy (non-hydrogen) atoms. The van der Waals surface area contributed by atoms with Gasteiger partial charge in [0.05, 0.1) is 5.97 Å². The van der Waals surface area contributed by atoms with E-state index in [1.807, 2.05) is 0 Å². The van der Waals surface area contributed by atoms with E-state index in [0.29, 0.717) is 0 Å². The monoisotopic (exact) mass is 218 g/mol. The molecule has 0 aliphatic rings. The van der Waals surface area contributed by atoms with Gasteiger partial charge in [0.2, 0.25) is 0 Å². The van der Waals surface area contributed by atoms with Crippen molar-refractivity contribution in [3.63, 3.8) is 0 Å². The summed E-state index contributed by atoms with van der Waals surface area (Å²) >= 11 is 0. The molecule has 0 bridgehead atoms. The van der Waals surface area contributed by atoms with Gasteiger partial charge in [0.1, 0.15) is 5.25 Å². The molecular weight excluding hydrogens is 207 g/mol. The van der Waals surface area contributed by atoms with Crippen LogP contribution in [0.2, 0.25) is 0 Å². The van der Waals surface area contributed by atoms with Crippen LogP contribution in [0.4, 0.5) is 0 Å². The first kappa shape index (κ1) is 15.8. The van der Waals surface area contributed by atoms with E-state index in [2.05, 4.69) is 0 Å². The minimum absolute atomic E-state index is 0. The Morgan fingerprint density at radius 1 is 1.46 bits per heavy atom. The van der Waals surface area contributed by atoms with Gasteiger partial charge >= 0.3 is 29.6 Å². The smallest absolute Gasteiger partial charge is 0.549 e. The average molecular weight is 218 g/mol. The van der Waals surface area contributed by atoms with Crippen molar-refractivity contribution >= 4 is 16.1 Å². The van der Waals surface area contributed by atoms with E-state index in [4.69, 9.17) is 4.55 Å². The molecule has 0 aromatic rings. The minimum atomic E-state index is -4.52. The maximum absolute atomic E-state index is 10.4. The summed E-state index contributed by atoms with van der Waals surface area (Å²) in [6.07, 6.45) is -0.138. The number of carboxylic acids is 1. The van der Waals surface area contributed by atoms with Gasteiger partial charge in [-0.25, -0.2) is 0 Å². The Bertz CT molecular complexity index is 258. The third kappa shape index (κ3) is 6.45. The average Bonchev–Trinajstić information content (AvgIpc) is 1.79. The summed E-state index contributed by atoms with van der Waals surface area (Å²) in [5.74, 6) is -1.89. The van der Waals surface area contributed by atoms with Crippen LogP contribution in [0.5, 0.6) is 0 Å². The SMILES string of the molecule is CC(C)CC(C(=O)[O-])S(=O)(=O)O.[Na+]. The molecule has 0 saturated carbocycles. The largest absolute Gasteiger partial charge is 1.00 e. The van der Waals surface area contributed by atoms with Crippen LogP contribution >= 0.6 is 0 Å². The predicted molar refractivity (Wildman–Crippen MR) is 39.8 cm³/mol. The molecule has 0 amide bonds. The summed E-state index contributed by atoms with van der Waals surface area (Å²) in [6, 6.07) is 0. The van der Waals surface area contributed by atoms with E-state index in [-0.39, 0.29) is 41.9 Å². The van der Waals surface area contributed by atoms with E-state index in [9.17, 15) is 18.3 Å². The maximum Gasteiger partial charge on any atom is 1.00 e. The van der Waals surface area contributed by atoms with Gasteiger partial charge in [-0.05, 0) is 12.3 Å². The molecule has 0 rings (SSSR count). The molecular formula is C6H11NaO5S. The zero-order valence-corrected chi connectivity index (χ0v) is 10.7. The van der Waals surface area contributed by atoms with E-state index in [1.54, 1.807) is 13.8 Å². The Labute approximate surface area is 99.6 Å². The molecule has 0 aliphatic carbocycles. The van der Waals surface area contributed by atoms with Gasteiger partial charge in [-0.3, -0.25) is 4.55 Å². The Hall–Kier alpha value is 0.380. The van der Waals surface area contributed by atoms with Gasteiger partial charge in [0, 0.05) is 0 Å². The van der Waals surface area contributed by atoms with Crippen LogP contribution in [0.1, 0.15) is 20.3 Å². The molecule has 7 heteroatoms. The van der Waals surface area contributed by atoms with E-state index < -0.39 is 21.3 Å². The van der Waals surface area contributed by atoms with Crippen LogP contribution in [-0.4, -0.2) is 24.2 Å². The van der Waals surface area contributed by atoms with Crippen molar-refractivity contribution in [2.75, 3.05) is 0 Å². The fourth-order valence-electron chi connectivity index (χ4n) is 0.768. The van der Waals surface area contributed by atoms with Gasteiger partial charge in [-0.15, -0.1) is 0 Å². The minimum Gasteiger partial charge on any atom is -0.549 e. The first-order valence-electron chi connectivity index (χ1n) is 3.42. The van der Waals surface area contributed by atoms with Crippen molar-refractivity contribution in [2.24, 2.45) is 5.92 Å².